The Morgan fingerprint density at radius 2 is 1.88 bits per heavy atom. The Kier molecular flexibility index (Phi) is 6.55. The summed E-state index contributed by atoms with van der Waals surface area (Å²) in [4.78, 5) is 0. The number of benzene rings is 1. The molecule has 0 bridgehead atoms. The molecule has 94 valence electrons. The zero-order valence-electron chi connectivity index (χ0n) is 10.1. The SMILES string of the molecule is CCCCCCNC(=S)Nc1ccc(F)cc1. The molecule has 0 unspecified atom stereocenters. The van der Waals surface area contributed by atoms with Gasteiger partial charge in [-0.25, -0.2) is 4.39 Å². The van der Waals surface area contributed by atoms with Gasteiger partial charge in [-0.05, 0) is 42.9 Å². The van der Waals surface area contributed by atoms with E-state index in [9.17, 15) is 4.39 Å². The highest BCUT2D eigenvalue weighted by Gasteiger charge is 1.97. The van der Waals surface area contributed by atoms with Gasteiger partial charge < -0.3 is 10.6 Å². The van der Waals surface area contributed by atoms with Gasteiger partial charge in [-0.3, -0.25) is 0 Å². The van der Waals surface area contributed by atoms with Crippen LogP contribution in [0.25, 0.3) is 0 Å². The van der Waals surface area contributed by atoms with Crippen LogP contribution in [0.3, 0.4) is 0 Å². The Bertz CT molecular complexity index is 338. The fourth-order valence-corrected chi connectivity index (χ4v) is 1.68. The molecule has 1 aromatic rings. The molecule has 0 fully saturated rings. The normalized spacial score (nSPS) is 10.0. The second kappa shape index (κ2) is 8.01. The van der Waals surface area contributed by atoms with Gasteiger partial charge in [0.05, 0.1) is 0 Å². The lowest BCUT2D eigenvalue weighted by Gasteiger charge is -2.10. The second-order valence-corrected chi connectivity index (χ2v) is 4.36. The summed E-state index contributed by atoms with van der Waals surface area (Å²) in [7, 11) is 0. The van der Waals surface area contributed by atoms with Crippen molar-refractivity contribution in [1.82, 2.24) is 5.32 Å². The molecule has 0 radical (unpaired) electrons. The molecule has 0 aliphatic rings. The van der Waals surface area contributed by atoms with Crippen molar-refractivity contribution < 1.29 is 4.39 Å². The van der Waals surface area contributed by atoms with Gasteiger partial charge in [0.25, 0.3) is 0 Å². The molecule has 0 aliphatic heterocycles. The summed E-state index contributed by atoms with van der Waals surface area (Å²) in [5, 5.41) is 6.74. The van der Waals surface area contributed by atoms with Crippen molar-refractivity contribution in [1.29, 1.82) is 0 Å². The Hall–Kier alpha value is -1.16. The highest BCUT2D eigenvalue weighted by Crippen LogP contribution is 2.07. The summed E-state index contributed by atoms with van der Waals surface area (Å²) in [6.07, 6.45) is 4.85. The monoisotopic (exact) mass is 254 g/mol. The van der Waals surface area contributed by atoms with Crippen molar-refractivity contribution in [3.8, 4) is 0 Å². The van der Waals surface area contributed by atoms with Gasteiger partial charge in [0.2, 0.25) is 0 Å². The lowest BCUT2D eigenvalue weighted by atomic mass is 10.2. The van der Waals surface area contributed by atoms with Crippen LogP contribution in [0.2, 0.25) is 0 Å². The van der Waals surface area contributed by atoms with Crippen LogP contribution in [0, 0.1) is 5.82 Å². The molecule has 2 nitrogen and oxygen atoms in total. The summed E-state index contributed by atoms with van der Waals surface area (Å²) in [6.45, 7) is 3.07. The Morgan fingerprint density at radius 1 is 1.18 bits per heavy atom. The summed E-state index contributed by atoms with van der Waals surface area (Å²) in [5.74, 6) is -0.242. The molecule has 0 spiro atoms. The fourth-order valence-electron chi connectivity index (χ4n) is 1.46. The van der Waals surface area contributed by atoms with E-state index in [-0.39, 0.29) is 5.82 Å². The van der Waals surface area contributed by atoms with Gasteiger partial charge in [0.1, 0.15) is 5.82 Å². The first-order valence-electron chi connectivity index (χ1n) is 6.03. The molecule has 0 saturated carbocycles. The number of unbranched alkanes of at least 4 members (excludes halogenated alkanes) is 3. The Balaban J connectivity index is 2.18. The van der Waals surface area contributed by atoms with E-state index in [0.717, 1.165) is 18.7 Å². The van der Waals surface area contributed by atoms with Gasteiger partial charge in [0, 0.05) is 12.2 Å². The van der Waals surface area contributed by atoms with Gasteiger partial charge in [-0.15, -0.1) is 0 Å². The summed E-state index contributed by atoms with van der Waals surface area (Å²) in [6, 6.07) is 6.15. The number of rotatable bonds is 6. The number of halogens is 1. The molecule has 0 atom stereocenters. The first-order chi connectivity index (χ1) is 8.22. The van der Waals surface area contributed by atoms with Crippen molar-refractivity contribution in [2.24, 2.45) is 0 Å². The molecular formula is C13H19FN2S. The molecule has 0 amide bonds. The van der Waals surface area contributed by atoms with Crippen LogP contribution < -0.4 is 10.6 Å². The maximum absolute atomic E-state index is 12.7. The quantitative estimate of drug-likeness (QED) is 0.598. The molecule has 1 aromatic carbocycles. The van der Waals surface area contributed by atoms with E-state index in [1.165, 1.54) is 31.4 Å². The van der Waals surface area contributed by atoms with Gasteiger partial charge in [-0.2, -0.15) is 0 Å². The molecule has 17 heavy (non-hydrogen) atoms. The number of thiocarbonyl (C=S) groups is 1. The summed E-state index contributed by atoms with van der Waals surface area (Å²) < 4.78 is 12.7. The molecule has 0 heterocycles. The predicted molar refractivity (Wildman–Crippen MR) is 74.8 cm³/mol. The average molecular weight is 254 g/mol. The van der Waals surface area contributed by atoms with Crippen molar-refractivity contribution >= 4 is 23.0 Å². The molecule has 0 aromatic heterocycles. The summed E-state index contributed by atoms with van der Waals surface area (Å²) >= 11 is 5.13. The van der Waals surface area contributed by atoms with Crippen LogP contribution in [0.15, 0.2) is 24.3 Å². The molecule has 1 rings (SSSR count). The van der Waals surface area contributed by atoms with Crippen LogP contribution in [-0.4, -0.2) is 11.7 Å². The fraction of sp³-hybridized carbons (Fsp3) is 0.462. The van der Waals surface area contributed by atoms with Crippen LogP contribution >= 0.6 is 12.2 Å². The number of anilines is 1. The van der Waals surface area contributed by atoms with Gasteiger partial charge in [0.15, 0.2) is 5.11 Å². The number of nitrogens with one attached hydrogen (secondary N) is 2. The lowest BCUT2D eigenvalue weighted by Crippen LogP contribution is -2.29. The standard InChI is InChI=1S/C13H19FN2S/c1-2-3-4-5-10-15-13(17)16-12-8-6-11(14)7-9-12/h6-9H,2-5,10H2,1H3,(H2,15,16,17). The van der Waals surface area contributed by atoms with Crippen molar-refractivity contribution in [3.63, 3.8) is 0 Å². The highest BCUT2D eigenvalue weighted by molar-refractivity contribution is 7.80. The minimum atomic E-state index is -0.242. The minimum absolute atomic E-state index is 0.242. The number of hydrogen-bond acceptors (Lipinski definition) is 1. The Labute approximate surface area is 108 Å². The van der Waals surface area contributed by atoms with Crippen molar-refractivity contribution in [3.05, 3.63) is 30.1 Å². The first-order valence-corrected chi connectivity index (χ1v) is 6.43. The molecule has 4 heteroatoms. The van der Waals surface area contributed by atoms with Gasteiger partial charge >= 0.3 is 0 Å². The van der Waals surface area contributed by atoms with Crippen LogP contribution in [0.4, 0.5) is 10.1 Å². The molecule has 2 N–H and O–H groups in total. The van der Waals surface area contributed by atoms with E-state index >= 15 is 0 Å². The van der Waals surface area contributed by atoms with E-state index in [1.807, 2.05) is 0 Å². The zero-order valence-corrected chi connectivity index (χ0v) is 10.9. The van der Waals surface area contributed by atoms with Gasteiger partial charge in [-0.1, -0.05) is 26.2 Å². The smallest absolute Gasteiger partial charge is 0.170 e. The van der Waals surface area contributed by atoms with E-state index < -0.39 is 0 Å². The summed E-state index contributed by atoms with van der Waals surface area (Å²) in [5.41, 5.74) is 0.803. The second-order valence-electron chi connectivity index (χ2n) is 3.95. The highest BCUT2D eigenvalue weighted by atomic mass is 32.1. The maximum atomic E-state index is 12.7. The third kappa shape index (κ3) is 6.22. The zero-order chi connectivity index (χ0) is 12.5. The predicted octanol–water partition coefficient (Wildman–Crippen LogP) is 3.69. The van der Waals surface area contributed by atoms with E-state index in [0.29, 0.717) is 5.11 Å². The van der Waals surface area contributed by atoms with Crippen molar-refractivity contribution in [2.45, 2.75) is 32.6 Å². The largest absolute Gasteiger partial charge is 0.362 e. The van der Waals surface area contributed by atoms with Crippen LogP contribution in [0.5, 0.6) is 0 Å². The van der Waals surface area contributed by atoms with Crippen LogP contribution in [0.1, 0.15) is 32.6 Å². The number of hydrogen-bond donors (Lipinski definition) is 2. The molecule has 0 aliphatic carbocycles. The van der Waals surface area contributed by atoms with E-state index in [2.05, 4.69) is 17.6 Å². The minimum Gasteiger partial charge on any atom is -0.362 e. The maximum Gasteiger partial charge on any atom is 0.170 e. The van der Waals surface area contributed by atoms with E-state index in [1.54, 1.807) is 12.1 Å². The Morgan fingerprint density at radius 3 is 2.53 bits per heavy atom. The molecule has 0 saturated heterocycles. The average Bonchev–Trinajstić information content (AvgIpc) is 2.32. The topological polar surface area (TPSA) is 24.1 Å². The van der Waals surface area contributed by atoms with Crippen molar-refractivity contribution in [2.75, 3.05) is 11.9 Å². The first kappa shape index (κ1) is 13.9. The third-order valence-corrected chi connectivity index (χ3v) is 2.66. The van der Waals surface area contributed by atoms with Crippen LogP contribution in [-0.2, 0) is 0 Å². The van der Waals surface area contributed by atoms with E-state index in [4.69, 9.17) is 12.2 Å². The third-order valence-electron chi connectivity index (χ3n) is 2.42. The lowest BCUT2D eigenvalue weighted by molar-refractivity contribution is 0.628. The molecular weight excluding hydrogens is 235 g/mol.